The zero-order valence-electron chi connectivity index (χ0n) is 10.9. The number of halogens is 2. The quantitative estimate of drug-likeness (QED) is 0.657. The number of hydrazine groups is 1. The predicted molar refractivity (Wildman–Crippen MR) is 81.5 cm³/mol. The largest absolute Gasteiger partial charge is 0.271 e. The van der Waals surface area contributed by atoms with Crippen LogP contribution < -0.4 is 11.3 Å². The summed E-state index contributed by atoms with van der Waals surface area (Å²) in [5.41, 5.74) is 5.07. The second kappa shape index (κ2) is 5.64. The van der Waals surface area contributed by atoms with Crippen molar-refractivity contribution < 1.29 is 4.39 Å². The van der Waals surface area contributed by atoms with Crippen molar-refractivity contribution in [3.8, 4) is 0 Å². The van der Waals surface area contributed by atoms with Gasteiger partial charge in [0.2, 0.25) is 0 Å². The first-order valence-corrected chi connectivity index (χ1v) is 7.45. The molecule has 0 radical (unpaired) electrons. The minimum Gasteiger partial charge on any atom is -0.271 e. The summed E-state index contributed by atoms with van der Waals surface area (Å²) in [6.07, 6.45) is 1.08. The number of nitrogens with one attached hydrogen (secondary N) is 1. The van der Waals surface area contributed by atoms with Gasteiger partial charge in [-0.25, -0.2) is 4.39 Å². The van der Waals surface area contributed by atoms with Crippen LogP contribution in [0, 0.1) is 11.7 Å². The van der Waals surface area contributed by atoms with Crippen LogP contribution in [0.2, 0.25) is 0 Å². The Balaban J connectivity index is 1.82. The van der Waals surface area contributed by atoms with Gasteiger partial charge in [0.1, 0.15) is 5.82 Å². The molecule has 0 bridgehead atoms. The molecule has 4 heteroatoms. The second-order valence-corrected chi connectivity index (χ2v) is 6.18. The van der Waals surface area contributed by atoms with Gasteiger partial charge in [0.25, 0.3) is 0 Å². The van der Waals surface area contributed by atoms with Crippen molar-refractivity contribution in [1.82, 2.24) is 5.43 Å². The first-order valence-electron chi connectivity index (χ1n) is 6.66. The molecule has 1 fully saturated rings. The van der Waals surface area contributed by atoms with Crippen molar-refractivity contribution in [2.75, 3.05) is 0 Å². The van der Waals surface area contributed by atoms with Gasteiger partial charge < -0.3 is 0 Å². The maximum atomic E-state index is 13.5. The van der Waals surface area contributed by atoms with E-state index in [0.29, 0.717) is 11.8 Å². The van der Waals surface area contributed by atoms with Crippen LogP contribution in [0.3, 0.4) is 0 Å². The molecule has 0 saturated heterocycles. The Kier molecular flexibility index (Phi) is 3.87. The molecule has 0 spiro atoms. The van der Waals surface area contributed by atoms with Gasteiger partial charge in [0, 0.05) is 10.5 Å². The summed E-state index contributed by atoms with van der Waals surface area (Å²) in [4.78, 5) is 0. The molecule has 1 aliphatic carbocycles. The van der Waals surface area contributed by atoms with Crippen LogP contribution in [0.5, 0.6) is 0 Å². The molecular weight excluding hydrogens is 319 g/mol. The molecule has 1 saturated carbocycles. The Morgan fingerprint density at radius 2 is 1.95 bits per heavy atom. The highest BCUT2D eigenvalue weighted by atomic mass is 79.9. The van der Waals surface area contributed by atoms with Crippen molar-refractivity contribution in [1.29, 1.82) is 0 Å². The third-order valence-corrected chi connectivity index (χ3v) is 4.38. The Hall–Kier alpha value is -1.23. The lowest BCUT2D eigenvalue weighted by Crippen LogP contribution is -2.30. The molecule has 0 aliphatic heterocycles. The summed E-state index contributed by atoms with van der Waals surface area (Å²) in [6, 6.07) is 15.3. The van der Waals surface area contributed by atoms with E-state index < -0.39 is 0 Å². The highest BCUT2D eigenvalue weighted by Gasteiger charge is 2.44. The smallest absolute Gasteiger partial charge is 0.124 e. The fourth-order valence-corrected chi connectivity index (χ4v) is 3.37. The standard InChI is InChI=1S/C16H16BrFN2/c17-12-6-11(7-13(18)8-12)16(20-19)15-9-14(15)10-4-2-1-3-5-10/h1-8,14-16,20H,9,19H2. The number of hydrogen-bond acceptors (Lipinski definition) is 2. The van der Waals surface area contributed by atoms with Gasteiger partial charge in [-0.3, -0.25) is 11.3 Å². The van der Waals surface area contributed by atoms with Crippen LogP contribution in [0.4, 0.5) is 4.39 Å². The first kappa shape index (κ1) is 13.7. The fourth-order valence-electron chi connectivity index (χ4n) is 2.89. The van der Waals surface area contributed by atoms with E-state index >= 15 is 0 Å². The van der Waals surface area contributed by atoms with Crippen molar-refractivity contribution >= 4 is 15.9 Å². The van der Waals surface area contributed by atoms with E-state index in [1.54, 1.807) is 6.07 Å². The first-order chi connectivity index (χ1) is 9.69. The Morgan fingerprint density at radius 1 is 1.20 bits per heavy atom. The molecular formula is C16H16BrFN2. The maximum Gasteiger partial charge on any atom is 0.124 e. The molecule has 3 unspecified atom stereocenters. The lowest BCUT2D eigenvalue weighted by Gasteiger charge is -2.17. The minimum atomic E-state index is -0.244. The summed E-state index contributed by atoms with van der Waals surface area (Å²) in [7, 11) is 0. The van der Waals surface area contributed by atoms with E-state index in [1.165, 1.54) is 11.6 Å². The summed E-state index contributed by atoms with van der Waals surface area (Å²) in [5.74, 6) is 6.37. The number of hydrogen-bond donors (Lipinski definition) is 2. The van der Waals surface area contributed by atoms with E-state index in [1.807, 2.05) is 24.3 Å². The van der Waals surface area contributed by atoms with E-state index in [-0.39, 0.29) is 11.9 Å². The molecule has 0 heterocycles. The Labute approximate surface area is 126 Å². The number of benzene rings is 2. The second-order valence-electron chi connectivity index (χ2n) is 5.26. The number of rotatable bonds is 4. The van der Waals surface area contributed by atoms with Crippen LogP contribution in [0.1, 0.15) is 29.5 Å². The SMILES string of the molecule is NNC(c1cc(F)cc(Br)c1)C1CC1c1ccccc1. The molecule has 2 aromatic rings. The van der Waals surface area contributed by atoms with E-state index in [0.717, 1.165) is 16.5 Å². The average molecular weight is 335 g/mol. The van der Waals surface area contributed by atoms with Gasteiger partial charge in [0.05, 0.1) is 0 Å². The molecule has 0 aromatic heterocycles. The third kappa shape index (κ3) is 2.77. The Morgan fingerprint density at radius 3 is 2.60 bits per heavy atom. The van der Waals surface area contributed by atoms with E-state index in [2.05, 4.69) is 33.5 Å². The molecule has 0 amide bonds. The third-order valence-electron chi connectivity index (χ3n) is 3.92. The molecule has 3 rings (SSSR count). The molecule has 2 nitrogen and oxygen atoms in total. The summed E-state index contributed by atoms with van der Waals surface area (Å²) < 4.78 is 14.3. The van der Waals surface area contributed by atoms with Crippen molar-refractivity contribution in [2.45, 2.75) is 18.4 Å². The fraction of sp³-hybridized carbons (Fsp3) is 0.250. The molecule has 2 aromatic carbocycles. The zero-order chi connectivity index (χ0) is 14.1. The van der Waals surface area contributed by atoms with Gasteiger partial charge in [0.15, 0.2) is 0 Å². The van der Waals surface area contributed by atoms with Crippen LogP contribution in [0.25, 0.3) is 0 Å². The lowest BCUT2D eigenvalue weighted by atomic mass is 9.99. The molecule has 104 valence electrons. The molecule has 3 N–H and O–H groups in total. The van der Waals surface area contributed by atoms with Gasteiger partial charge >= 0.3 is 0 Å². The number of nitrogens with two attached hydrogens (primary N) is 1. The lowest BCUT2D eigenvalue weighted by molar-refractivity contribution is 0.483. The Bertz CT molecular complexity index is 582. The summed E-state index contributed by atoms with van der Waals surface area (Å²) in [6.45, 7) is 0. The molecule has 20 heavy (non-hydrogen) atoms. The zero-order valence-corrected chi connectivity index (χ0v) is 12.5. The van der Waals surface area contributed by atoms with Crippen LogP contribution in [-0.2, 0) is 0 Å². The van der Waals surface area contributed by atoms with Gasteiger partial charge in [-0.2, -0.15) is 0 Å². The van der Waals surface area contributed by atoms with E-state index in [9.17, 15) is 4.39 Å². The highest BCUT2D eigenvalue weighted by Crippen LogP contribution is 2.53. The van der Waals surface area contributed by atoms with Crippen molar-refractivity contribution in [2.24, 2.45) is 11.8 Å². The van der Waals surface area contributed by atoms with E-state index in [4.69, 9.17) is 5.84 Å². The van der Waals surface area contributed by atoms with Gasteiger partial charge in [-0.1, -0.05) is 46.3 Å². The maximum absolute atomic E-state index is 13.5. The summed E-state index contributed by atoms with van der Waals surface area (Å²) >= 11 is 3.33. The average Bonchev–Trinajstić information content (AvgIpc) is 3.20. The predicted octanol–water partition coefficient (Wildman–Crippen LogP) is 3.90. The molecule has 3 atom stereocenters. The normalized spacial score (nSPS) is 22.6. The van der Waals surface area contributed by atoms with Crippen LogP contribution in [0.15, 0.2) is 53.0 Å². The van der Waals surface area contributed by atoms with Crippen molar-refractivity contribution in [3.05, 3.63) is 69.9 Å². The minimum absolute atomic E-state index is 0.0211. The monoisotopic (exact) mass is 334 g/mol. The topological polar surface area (TPSA) is 38.0 Å². The van der Waals surface area contributed by atoms with Gasteiger partial charge in [-0.15, -0.1) is 0 Å². The van der Waals surface area contributed by atoms with Gasteiger partial charge in [-0.05, 0) is 47.6 Å². The highest BCUT2D eigenvalue weighted by molar-refractivity contribution is 9.10. The summed E-state index contributed by atoms with van der Waals surface area (Å²) in [5, 5.41) is 0. The molecule has 1 aliphatic rings. The van der Waals surface area contributed by atoms with Crippen LogP contribution in [-0.4, -0.2) is 0 Å². The van der Waals surface area contributed by atoms with Crippen molar-refractivity contribution in [3.63, 3.8) is 0 Å². The van der Waals surface area contributed by atoms with Crippen LogP contribution >= 0.6 is 15.9 Å².